The van der Waals surface area contributed by atoms with Crippen LogP contribution in [0.3, 0.4) is 0 Å². The number of rotatable bonds is 4. The zero-order valence-corrected chi connectivity index (χ0v) is 20.5. The molecule has 1 spiro atoms. The van der Waals surface area contributed by atoms with Crippen molar-refractivity contribution in [2.24, 2.45) is 5.41 Å². The van der Waals surface area contributed by atoms with E-state index in [1.165, 1.54) is 32.3 Å². The monoisotopic (exact) mass is 483 g/mol. The predicted octanol–water partition coefficient (Wildman–Crippen LogP) is 6.02. The maximum Gasteiger partial charge on any atom is 0.416 e. The summed E-state index contributed by atoms with van der Waals surface area (Å²) < 4.78 is 40.3. The first-order valence-corrected chi connectivity index (χ1v) is 12.3. The van der Waals surface area contributed by atoms with E-state index in [9.17, 15) is 13.2 Å². The SMILES string of the molecule is Cc1c(C(C)Nc2nnc(C)c3ccc(N4CCC5(CCNC5)CC4)cc23)cccc1C(F)(F)F. The summed E-state index contributed by atoms with van der Waals surface area (Å²) in [6.07, 6.45) is -0.758. The maximum atomic E-state index is 13.4. The molecule has 2 aliphatic rings. The van der Waals surface area contributed by atoms with Crippen LogP contribution in [0.25, 0.3) is 10.8 Å². The van der Waals surface area contributed by atoms with E-state index in [4.69, 9.17) is 0 Å². The Bertz CT molecular complexity index is 1220. The van der Waals surface area contributed by atoms with E-state index in [1.54, 1.807) is 6.07 Å². The van der Waals surface area contributed by atoms with Gasteiger partial charge in [-0.25, -0.2) is 0 Å². The molecular weight excluding hydrogens is 451 g/mol. The van der Waals surface area contributed by atoms with E-state index in [0.717, 1.165) is 54.4 Å². The number of alkyl halides is 3. The first kappa shape index (κ1) is 23.9. The molecule has 2 fully saturated rings. The van der Waals surface area contributed by atoms with Crippen LogP contribution in [0.5, 0.6) is 0 Å². The van der Waals surface area contributed by atoms with Crippen molar-refractivity contribution >= 4 is 22.3 Å². The third kappa shape index (κ3) is 4.56. The summed E-state index contributed by atoms with van der Waals surface area (Å²) in [4.78, 5) is 2.43. The van der Waals surface area contributed by atoms with E-state index >= 15 is 0 Å². The number of nitrogens with zero attached hydrogens (tertiary/aromatic N) is 3. The highest BCUT2D eigenvalue weighted by Gasteiger charge is 2.37. The largest absolute Gasteiger partial charge is 0.416 e. The highest BCUT2D eigenvalue weighted by atomic mass is 19.4. The average molecular weight is 484 g/mol. The molecule has 2 aromatic carbocycles. The van der Waals surface area contributed by atoms with E-state index in [2.05, 4.69) is 43.9 Å². The molecule has 5 nitrogen and oxygen atoms in total. The topological polar surface area (TPSA) is 53.1 Å². The van der Waals surface area contributed by atoms with Crippen LogP contribution in [-0.4, -0.2) is 36.4 Å². The van der Waals surface area contributed by atoms with Crippen molar-refractivity contribution in [1.82, 2.24) is 15.5 Å². The second kappa shape index (κ2) is 8.97. The molecule has 3 aromatic rings. The first-order valence-electron chi connectivity index (χ1n) is 12.3. The van der Waals surface area contributed by atoms with Gasteiger partial charge < -0.3 is 15.5 Å². The van der Waals surface area contributed by atoms with Crippen molar-refractivity contribution < 1.29 is 13.2 Å². The van der Waals surface area contributed by atoms with Gasteiger partial charge in [0.1, 0.15) is 0 Å². The molecule has 0 radical (unpaired) electrons. The molecular formula is C27H32F3N5. The molecule has 1 atom stereocenters. The summed E-state index contributed by atoms with van der Waals surface area (Å²) in [6, 6.07) is 10.3. The third-order valence-electron chi connectivity index (χ3n) is 7.97. The van der Waals surface area contributed by atoms with Gasteiger partial charge in [-0.05, 0) is 81.3 Å². The Morgan fingerprint density at radius 2 is 1.80 bits per heavy atom. The summed E-state index contributed by atoms with van der Waals surface area (Å²) in [5.41, 5.74) is 2.64. The van der Waals surface area contributed by atoms with E-state index in [0.29, 0.717) is 16.8 Å². The summed E-state index contributed by atoms with van der Waals surface area (Å²) >= 11 is 0. The summed E-state index contributed by atoms with van der Waals surface area (Å²) in [5, 5.41) is 17.5. The van der Waals surface area contributed by atoms with Crippen LogP contribution in [0, 0.1) is 19.3 Å². The lowest BCUT2D eigenvalue weighted by Crippen LogP contribution is -2.41. The molecule has 5 rings (SSSR count). The smallest absolute Gasteiger partial charge is 0.371 e. The van der Waals surface area contributed by atoms with Crippen molar-refractivity contribution in [2.45, 2.75) is 52.3 Å². The molecule has 1 unspecified atom stereocenters. The zero-order chi connectivity index (χ0) is 24.8. The van der Waals surface area contributed by atoms with Gasteiger partial charge in [-0.3, -0.25) is 0 Å². The van der Waals surface area contributed by atoms with E-state index < -0.39 is 11.7 Å². The fourth-order valence-corrected chi connectivity index (χ4v) is 5.75. The Morgan fingerprint density at radius 1 is 1.03 bits per heavy atom. The quantitative estimate of drug-likeness (QED) is 0.475. The third-order valence-corrected chi connectivity index (χ3v) is 7.97. The van der Waals surface area contributed by atoms with Gasteiger partial charge >= 0.3 is 6.18 Å². The molecule has 0 saturated carbocycles. The molecule has 1 aromatic heterocycles. The lowest BCUT2D eigenvalue weighted by atomic mass is 9.78. The maximum absolute atomic E-state index is 13.4. The second-order valence-electron chi connectivity index (χ2n) is 10.2. The normalized spacial score (nSPS) is 18.9. The molecule has 3 heterocycles. The highest BCUT2D eigenvalue weighted by Crippen LogP contribution is 2.40. The fraction of sp³-hybridized carbons (Fsp3) is 0.481. The van der Waals surface area contributed by atoms with Crippen molar-refractivity contribution in [3.05, 3.63) is 58.8 Å². The van der Waals surface area contributed by atoms with Gasteiger partial charge in [0.25, 0.3) is 0 Å². The minimum atomic E-state index is -4.38. The van der Waals surface area contributed by atoms with Gasteiger partial charge in [0, 0.05) is 36.1 Å². The van der Waals surface area contributed by atoms with Gasteiger partial charge in [-0.2, -0.15) is 18.3 Å². The Morgan fingerprint density at radius 3 is 2.49 bits per heavy atom. The van der Waals surface area contributed by atoms with Gasteiger partial charge in [-0.1, -0.05) is 18.2 Å². The van der Waals surface area contributed by atoms with Gasteiger partial charge in [0.15, 0.2) is 5.82 Å². The lowest BCUT2D eigenvalue weighted by molar-refractivity contribution is -0.138. The summed E-state index contributed by atoms with van der Waals surface area (Å²) in [7, 11) is 0. The highest BCUT2D eigenvalue weighted by molar-refractivity contribution is 5.95. The molecule has 0 amide bonds. The molecule has 2 N–H and O–H groups in total. The summed E-state index contributed by atoms with van der Waals surface area (Å²) in [5.74, 6) is 0.588. The molecule has 2 saturated heterocycles. The average Bonchev–Trinajstić information content (AvgIpc) is 3.28. The van der Waals surface area contributed by atoms with Crippen LogP contribution in [0.1, 0.15) is 54.6 Å². The molecule has 35 heavy (non-hydrogen) atoms. The minimum absolute atomic E-state index is 0.230. The molecule has 2 aliphatic heterocycles. The minimum Gasteiger partial charge on any atom is -0.371 e. The number of benzene rings is 2. The molecule has 0 bridgehead atoms. The zero-order valence-electron chi connectivity index (χ0n) is 20.5. The van der Waals surface area contributed by atoms with Crippen LogP contribution in [-0.2, 0) is 6.18 Å². The van der Waals surface area contributed by atoms with Crippen molar-refractivity contribution in [3.63, 3.8) is 0 Å². The van der Waals surface area contributed by atoms with Gasteiger partial charge in [0.2, 0.25) is 0 Å². The number of piperidine rings is 1. The second-order valence-corrected chi connectivity index (χ2v) is 10.2. The van der Waals surface area contributed by atoms with Crippen molar-refractivity contribution in [2.75, 3.05) is 36.4 Å². The van der Waals surface area contributed by atoms with Crippen LogP contribution < -0.4 is 15.5 Å². The Kier molecular flexibility index (Phi) is 6.11. The number of hydrogen-bond acceptors (Lipinski definition) is 5. The van der Waals surface area contributed by atoms with Gasteiger partial charge in [-0.15, -0.1) is 5.10 Å². The van der Waals surface area contributed by atoms with Crippen molar-refractivity contribution in [1.29, 1.82) is 0 Å². The Labute approximate surface area is 204 Å². The summed E-state index contributed by atoms with van der Waals surface area (Å²) in [6.45, 7) is 9.59. The predicted molar refractivity (Wildman–Crippen MR) is 134 cm³/mol. The number of aromatic nitrogens is 2. The number of halogens is 3. The Balaban J connectivity index is 1.43. The number of aryl methyl sites for hydroxylation is 1. The molecule has 8 heteroatoms. The van der Waals surface area contributed by atoms with Crippen LogP contribution in [0.4, 0.5) is 24.7 Å². The fourth-order valence-electron chi connectivity index (χ4n) is 5.75. The van der Waals surface area contributed by atoms with E-state index in [1.807, 2.05) is 13.8 Å². The molecule has 186 valence electrons. The first-order chi connectivity index (χ1) is 16.7. The standard InChI is InChI=1S/C27H32F3N5/c1-17-21(5-4-6-24(17)27(28,29)30)18(2)32-25-23-15-20(7-8-22(23)19(3)33-34-25)35-13-10-26(11-14-35)9-12-31-16-26/h4-8,15,18,31H,9-14,16H2,1-3H3,(H,32,34). The number of nitrogens with one attached hydrogen (secondary N) is 2. The Hall–Kier alpha value is -2.87. The van der Waals surface area contributed by atoms with Crippen molar-refractivity contribution in [3.8, 4) is 0 Å². The van der Waals surface area contributed by atoms with Crippen LogP contribution in [0.2, 0.25) is 0 Å². The van der Waals surface area contributed by atoms with Gasteiger partial charge in [0.05, 0.1) is 17.3 Å². The van der Waals surface area contributed by atoms with Crippen LogP contribution >= 0.6 is 0 Å². The number of hydrogen-bond donors (Lipinski definition) is 2. The molecule has 0 aliphatic carbocycles. The lowest BCUT2D eigenvalue weighted by Gasteiger charge is -2.40. The number of fused-ring (bicyclic) bond motifs is 1. The van der Waals surface area contributed by atoms with E-state index in [-0.39, 0.29) is 11.6 Å². The number of anilines is 2. The van der Waals surface area contributed by atoms with Crippen LogP contribution in [0.15, 0.2) is 36.4 Å².